The number of halogens is 4. The number of imidazole rings is 1. The standard InChI is InChI=1S/C32H48F4N4O/c1-18-12-21(4-9-28(18)34)29(20-2-3-20)38-31(41)23-14-19(17-39-10-11-40(32(39)37)25-6-7-25)13-22(15-23)26-8-5-24(33)16-27(26)30(35)36/h10-11,18-30,37H,2-9,12-17H2,1H3,(H,38,41)/t18?,19?,21?,22?,23?,24?,26?,27?,28?,29-/m0/s1. The fraction of sp³-hybridized carbons (Fsp3) is 0.875. The van der Waals surface area contributed by atoms with E-state index in [2.05, 4.69) is 5.32 Å². The zero-order valence-electron chi connectivity index (χ0n) is 24.4. The molecule has 0 aromatic carbocycles. The van der Waals surface area contributed by atoms with E-state index in [0.717, 1.165) is 44.9 Å². The average molecular weight is 581 g/mol. The zero-order valence-corrected chi connectivity index (χ0v) is 24.4. The first-order valence-electron chi connectivity index (χ1n) is 16.4. The van der Waals surface area contributed by atoms with Gasteiger partial charge in [-0.25, -0.2) is 17.6 Å². The molecule has 10 atom stereocenters. The molecule has 5 nitrogen and oxygen atoms in total. The quantitative estimate of drug-likeness (QED) is 0.309. The van der Waals surface area contributed by atoms with Crippen LogP contribution >= 0.6 is 0 Å². The lowest BCUT2D eigenvalue weighted by Crippen LogP contribution is -2.49. The number of hydrogen-bond donors (Lipinski definition) is 2. The van der Waals surface area contributed by atoms with Gasteiger partial charge in [0.25, 0.3) is 0 Å². The molecule has 230 valence electrons. The van der Waals surface area contributed by atoms with Crippen LogP contribution in [0, 0.1) is 52.8 Å². The molecule has 9 unspecified atom stereocenters. The van der Waals surface area contributed by atoms with Crippen molar-refractivity contribution in [3.63, 3.8) is 0 Å². The van der Waals surface area contributed by atoms with E-state index in [1.54, 1.807) is 0 Å². The number of carbonyl (C=O) groups excluding carboxylic acids is 1. The van der Waals surface area contributed by atoms with Gasteiger partial charge in [0.15, 0.2) is 0 Å². The van der Waals surface area contributed by atoms with Gasteiger partial charge >= 0.3 is 0 Å². The normalized spacial score (nSPS) is 39.0. The molecule has 1 aromatic rings. The summed E-state index contributed by atoms with van der Waals surface area (Å²) in [4.78, 5) is 14.0. The van der Waals surface area contributed by atoms with Crippen LogP contribution in [0.5, 0.6) is 0 Å². The summed E-state index contributed by atoms with van der Waals surface area (Å²) in [6.45, 7) is 2.57. The van der Waals surface area contributed by atoms with Gasteiger partial charge in [0, 0.05) is 42.9 Å². The van der Waals surface area contributed by atoms with E-state index in [1.165, 1.54) is 0 Å². The number of hydrogen-bond acceptors (Lipinski definition) is 2. The molecular weight excluding hydrogens is 532 g/mol. The predicted molar refractivity (Wildman–Crippen MR) is 149 cm³/mol. The highest BCUT2D eigenvalue weighted by atomic mass is 19.3. The zero-order chi connectivity index (χ0) is 28.8. The third-order valence-corrected chi connectivity index (χ3v) is 11.4. The van der Waals surface area contributed by atoms with Crippen LogP contribution < -0.4 is 10.9 Å². The lowest BCUT2D eigenvalue weighted by atomic mass is 9.63. The van der Waals surface area contributed by atoms with Crippen molar-refractivity contribution >= 4 is 5.91 Å². The molecule has 41 heavy (non-hydrogen) atoms. The van der Waals surface area contributed by atoms with Gasteiger partial charge in [-0.1, -0.05) is 6.92 Å². The Labute approximate surface area is 241 Å². The summed E-state index contributed by atoms with van der Waals surface area (Å²) in [6, 6.07) is 0.465. The van der Waals surface area contributed by atoms with Crippen molar-refractivity contribution in [3.05, 3.63) is 18.0 Å². The van der Waals surface area contributed by atoms with Crippen LogP contribution in [0.15, 0.2) is 12.4 Å². The number of nitrogens with zero attached hydrogens (tertiary/aromatic N) is 2. The largest absolute Gasteiger partial charge is 0.353 e. The third kappa shape index (κ3) is 6.58. The third-order valence-electron chi connectivity index (χ3n) is 11.4. The van der Waals surface area contributed by atoms with E-state index in [1.807, 2.05) is 28.5 Å². The lowest BCUT2D eigenvalue weighted by Gasteiger charge is -2.44. The van der Waals surface area contributed by atoms with Crippen molar-refractivity contribution in [2.75, 3.05) is 0 Å². The van der Waals surface area contributed by atoms with Crippen molar-refractivity contribution in [1.82, 2.24) is 14.5 Å². The maximum Gasteiger partial charge on any atom is 0.241 e. The topological polar surface area (TPSA) is 62.8 Å². The van der Waals surface area contributed by atoms with Crippen LogP contribution in [0.4, 0.5) is 17.6 Å². The van der Waals surface area contributed by atoms with Crippen molar-refractivity contribution in [2.45, 2.75) is 128 Å². The van der Waals surface area contributed by atoms with Crippen LogP contribution in [0.3, 0.4) is 0 Å². The first-order valence-corrected chi connectivity index (χ1v) is 16.4. The van der Waals surface area contributed by atoms with Crippen LogP contribution in [0.25, 0.3) is 0 Å². The van der Waals surface area contributed by atoms with Crippen LogP contribution in [-0.2, 0) is 11.3 Å². The van der Waals surface area contributed by atoms with E-state index in [4.69, 9.17) is 5.41 Å². The molecule has 1 aromatic heterocycles. The van der Waals surface area contributed by atoms with Crippen LogP contribution in [-0.4, -0.2) is 39.9 Å². The second-order valence-electron chi connectivity index (χ2n) is 14.5. The molecule has 0 spiro atoms. The van der Waals surface area contributed by atoms with Gasteiger partial charge in [-0.15, -0.1) is 0 Å². The summed E-state index contributed by atoms with van der Waals surface area (Å²) in [7, 11) is 0. The molecule has 5 fully saturated rings. The monoisotopic (exact) mass is 580 g/mol. The van der Waals surface area contributed by atoms with Gasteiger partial charge in [0.2, 0.25) is 18.0 Å². The van der Waals surface area contributed by atoms with Gasteiger partial charge < -0.3 is 14.5 Å². The van der Waals surface area contributed by atoms with E-state index in [9.17, 15) is 22.4 Å². The molecule has 9 heteroatoms. The maximum atomic E-state index is 14.2. The molecule has 0 radical (unpaired) electrons. The highest BCUT2D eigenvalue weighted by molar-refractivity contribution is 5.79. The number of rotatable bonds is 9. The van der Waals surface area contributed by atoms with E-state index < -0.39 is 24.7 Å². The Kier molecular flexibility index (Phi) is 8.61. The molecule has 0 aliphatic heterocycles. The van der Waals surface area contributed by atoms with Gasteiger partial charge in [0.05, 0.1) is 0 Å². The molecule has 5 aliphatic rings. The predicted octanol–water partition coefficient (Wildman–Crippen LogP) is 6.83. The Morgan fingerprint density at radius 3 is 2.39 bits per heavy atom. The molecule has 1 heterocycles. The minimum Gasteiger partial charge on any atom is -0.353 e. The number of alkyl halides is 4. The summed E-state index contributed by atoms with van der Waals surface area (Å²) < 4.78 is 60.7. The van der Waals surface area contributed by atoms with Crippen molar-refractivity contribution in [3.8, 4) is 0 Å². The number of nitrogens with one attached hydrogen (secondary N) is 2. The van der Waals surface area contributed by atoms with E-state index in [-0.39, 0.29) is 53.9 Å². The Morgan fingerprint density at radius 2 is 1.71 bits per heavy atom. The highest BCUT2D eigenvalue weighted by Crippen LogP contribution is 2.48. The first kappa shape index (κ1) is 29.3. The number of aromatic nitrogens is 2. The molecule has 0 saturated heterocycles. The fourth-order valence-corrected chi connectivity index (χ4v) is 8.85. The van der Waals surface area contributed by atoms with Gasteiger partial charge in [0.1, 0.15) is 12.3 Å². The average Bonchev–Trinajstić information content (AvgIpc) is 3.88. The summed E-state index contributed by atoms with van der Waals surface area (Å²) in [5, 5.41) is 12.1. The Balaban J connectivity index is 1.20. The van der Waals surface area contributed by atoms with Crippen molar-refractivity contribution in [1.29, 1.82) is 5.41 Å². The second kappa shape index (κ2) is 12.1. The van der Waals surface area contributed by atoms with Gasteiger partial charge in [-0.3, -0.25) is 10.2 Å². The van der Waals surface area contributed by atoms with Gasteiger partial charge in [-0.2, -0.15) is 0 Å². The first-order chi connectivity index (χ1) is 19.7. The van der Waals surface area contributed by atoms with E-state index >= 15 is 0 Å². The minimum atomic E-state index is -2.56. The summed E-state index contributed by atoms with van der Waals surface area (Å²) in [6.07, 6.45) is 8.59. The van der Waals surface area contributed by atoms with E-state index in [0.29, 0.717) is 56.2 Å². The highest BCUT2D eigenvalue weighted by Gasteiger charge is 2.46. The maximum absolute atomic E-state index is 14.2. The van der Waals surface area contributed by atoms with Crippen LogP contribution in [0.2, 0.25) is 0 Å². The van der Waals surface area contributed by atoms with Crippen LogP contribution in [0.1, 0.15) is 96.4 Å². The van der Waals surface area contributed by atoms with Crippen molar-refractivity contribution in [2.24, 2.45) is 47.3 Å². The molecule has 6 rings (SSSR count). The Morgan fingerprint density at radius 1 is 0.951 bits per heavy atom. The minimum absolute atomic E-state index is 0.00583. The summed E-state index contributed by atoms with van der Waals surface area (Å²) in [5.74, 6) is -0.720. The molecule has 5 aliphatic carbocycles. The lowest BCUT2D eigenvalue weighted by molar-refractivity contribution is -0.130. The Bertz CT molecular complexity index is 1110. The molecule has 2 N–H and O–H groups in total. The summed E-state index contributed by atoms with van der Waals surface area (Å²) in [5.41, 5.74) is 0.463. The molecular formula is C32H48F4N4O. The fourth-order valence-electron chi connectivity index (χ4n) is 8.85. The van der Waals surface area contributed by atoms with Crippen molar-refractivity contribution < 1.29 is 22.4 Å². The van der Waals surface area contributed by atoms with Gasteiger partial charge in [-0.05, 0) is 119 Å². The molecule has 1 amide bonds. The Hall–Kier alpha value is -1.80. The number of carbonyl (C=O) groups is 1. The summed E-state index contributed by atoms with van der Waals surface area (Å²) >= 11 is 0. The SMILES string of the molecule is CC1CC([C@@H](NC(=O)C2CC(Cn3ccn(C4CC4)c3=N)CC(C3CCC(F)CC3C(F)F)C2)C2CC2)CCC1F. The number of amides is 1. The molecule has 0 bridgehead atoms. The molecule has 5 saturated carbocycles. The smallest absolute Gasteiger partial charge is 0.241 e. The second-order valence-corrected chi connectivity index (χ2v) is 14.5.